The Morgan fingerprint density at radius 3 is 1.94 bits per heavy atom. The first-order chi connectivity index (χ1) is 14.6. The van der Waals surface area contributed by atoms with E-state index in [1.54, 1.807) is 0 Å². The Bertz CT molecular complexity index is 447. The number of unbranched alkanes of at least 4 members (excludes halogenated alkanes) is 11. The zero-order valence-corrected chi connectivity index (χ0v) is 19.2. The molecule has 31 heavy (non-hydrogen) atoms. The molecule has 0 aromatic carbocycles. The Labute approximate surface area is 212 Å². The zero-order chi connectivity index (χ0) is 22.3. The fourth-order valence-electron chi connectivity index (χ4n) is 3.38. The third-order valence-electron chi connectivity index (χ3n) is 5.18. The molecule has 0 aliphatic heterocycles. The molecule has 0 aliphatic carbocycles. The fourth-order valence-corrected chi connectivity index (χ4v) is 3.38. The van der Waals surface area contributed by atoms with Gasteiger partial charge in [-0.15, -0.1) is 0 Å². The topological polar surface area (TPSA) is 89.9 Å². The van der Waals surface area contributed by atoms with Crippen molar-refractivity contribution in [1.29, 1.82) is 0 Å². The van der Waals surface area contributed by atoms with Crippen LogP contribution in [0.25, 0.3) is 0 Å². The summed E-state index contributed by atoms with van der Waals surface area (Å²) in [4.78, 5) is 24.6. The molecule has 0 atom stereocenters. The van der Waals surface area contributed by atoms with Gasteiger partial charge in [0.15, 0.2) is 0 Å². The number of aliphatic carboxylic acids is 1. The van der Waals surface area contributed by atoms with Gasteiger partial charge in [0.25, 0.3) is 0 Å². The Hall–Kier alpha value is -0.400. The summed E-state index contributed by atoms with van der Waals surface area (Å²) in [5, 5.41) is 20.7. The Morgan fingerprint density at radius 2 is 1.39 bits per heavy atom. The van der Waals surface area contributed by atoms with Crippen LogP contribution >= 0.6 is 0 Å². The maximum atomic E-state index is 12.3. The van der Waals surface area contributed by atoms with Gasteiger partial charge in [0.05, 0.1) is 6.61 Å². The van der Waals surface area contributed by atoms with Crippen LogP contribution in [0.1, 0.15) is 96.8 Å². The Kier molecular flexibility index (Phi) is 27.3. The van der Waals surface area contributed by atoms with Crippen molar-refractivity contribution in [2.75, 3.05) is 32.8 Å². The van der Waals surface area contributed by atoms with Crippen LogP contribution in [0.5, 0.6) is 0 Å². The summed E-state index contributed by atoms with van der Waals surface area (Å²) in [6, 6.07) is 0. The number of nitrogens with one attached hydrogen (secondary N) is 1. The van der Waals surface area contributed by atoms with Crippen LogP contribution in [0.4, 0.5) is 0 Å². The number of hydrogen-bond acceptors (Lipinski definition) is 4. The molecule has 0 rings (SSSR count). The summed E-state index contributed by atoms with van der Waals surface area (Å²) in [5.74, 6) is -1.09. The van der Waals surface area contributed by atoms with Gasteiger partial charge in [-0.1, -0.05) is 70.4 Å². The summed E-state index contributed by atoms with van der Waals surface area (Å²) in [5.41, 5.74) is 0. The monoisotopic (exact) mass is 450 g/mol. The minimum atomic E-state index is -0.991. The first-order valence-corrected chi connectivity index (χ1v) is 12.1. The zero-order valence-electron chi connectivity index (χ0n) is 19.2. The van der Waals surface area contributed by atoms with Crippen LogP contribution in [-0.2, 0) is 9.59 Å². The molecular weight excluding hydrogens is 403 g/mol. The van der Waals surface area contributed by atoms with Crippen molar-refractivity contribution in [3.05, 3.63) is 12.2 Å². The standard InChI is InChI=1S/C24H46N2O4.Na.H/c1-2-3-4-5-6-7-8-9-10-11-12-13-14-15-16-17-23(28)26(22-24(29)30)20-18-25-19-21-27;;/h9-10,25,27H,2-8,11-22H2,1H3,(H,29,30);;/b10-9-;;. The SMILES string of the molecule is CCCCCCCC/C=C\CCCCCCCC(=O)N(CCNCCO)CC(=O)O.[NaH]. The van der Waals surface area contributed by atoms with Crippen molar-refractivity contribution < 1.29 is 19.8 Å². The molecule has 0 radical (unpaired) electrons. The molecule has 0 unspecified atom stereocenters. The molecule has 0 spiro atoms. The van der Waals surface area contributed by atoms with E-state index in [-0.39, 0.29) is 48.6 Å². The predicted molar refractivity (Wildman–Crippen MR) is 131 cm³/mol. The van der Waals surface area contributed by atoms with E-state index >= 15 is 0 Å². The number of rotatable bonds is 22. The fraction of sp³-hybridized carbons (Fsp3) is 0.833. The first kappa shape index (κ1) is 32.8. The van der Waals surface area contributed by atoms with E-state index < -0.39 is 5.97 Å². The molecule has 0 saturated heterocycles. The molecular formula is C24H47N2NaO4. The summed E-state index contributed by atoms with van der Waals surface area (Å²) >= 11 is 0. The van der Waals surface area contributed by atoms with E-state index in [4.69, 9.17) is 10.2 Å². The molecule has 178 valence electrons. The summed E-state index contributed by atoms with van der Waals surface area (Å²) in [6.45, 7) is 3.32. The summed E-state index contributed by atoms with van der Waals surface area (Å²) in [6.07, 6.45) is 20.8. The van der Waals surface area contributed by atoms with Gasteiger partial charge in [0.1, 0.15) is 6.54 Å². The number of aliphatic hydroxyl groups is 1. The van der Waals surface area contributed by atoms with E-state index in [9.17, 15) is 9.59 Å². The third kappa shape index (κ3) is 24.1. The van der Waals surface area contributed by atoms with Gasteiger partial charge in [-0.2, -0.15) is 0 Å². The molecule has 7 heteroatoms. The number of allylic oxidation sites excluding steroid dienone is 2. The molecule has 0 aliphatic rings. The van der Waals surface area contributed by atoms with Crippen molar-refractivity contribution in [2.45, 2.75) is 96.8 Å². The summed E-state index contributed by atoms with van der Waals surface area (Å²) in [7, 11) is 0. The van der Waals surface area contributed by atoms with Gasteiger partial charge < -0.3 is 20.4 Å². The molecule has 0 bridgehead atoms. The molecule has 6 nitrogen and oxygen atoms in total. The van der Waals surface area contributed by atoms with Crippen molar-refractivity contribution in [3.8, 4) is 0 Å². The molecule has 0 aromatic rings. The van der Waals surface area contributed by atoms with E-state index in [1.165, 1.54) is 62.7 Å². The van der Waals surface area contributed by atoms with Crippen molar-refractivity contribution in [2.24, 2.45) is 0 Å². The van der Waals surface area contributed by atoms with Crippen LogP contribution in [0.15, 0.2) is 12.2 Å². The first-order valence-electron chi connectivity index (χ1n) is 12.1. The number of hydrogen-bond donors (Lipinski definition) is 3. The number of aliphatic hydroxyl groups excluding tert-OH is 1. The van der Waals surface area contributed by atoms with Crippen molar-refractivity contribution >= 4 is 41.4 Å². The molecule has 1 amide bonds. The van der Waals surface area contributed by atoms with Gasteiger partial charge >= 0.3 is 35.5 Å². The number of carboxylic acids is 1. The van der Waals surface area contributed by atoms with Gasteiger partial charge in [0.2, 0.25) is 5.91 Å². The molecule has 0 fully saturated rings. The second kappa shape index (κ2) is 25.9. The van der Waals surface area contributed by atoms with E-state index in [0.29, 0.717) is 26.1 Å². The average Bonchev–Trinajstić information content (AvgIpc) is 2.72. The number of carbonyl (C=O) groups excluding carboxylic acids is 1. The van der Waals surface area contributed by atoms with E-state index in [0.717, 1.165) is 25.7 Å². The molecule has 0 aromatic heterocycles. The predicted octanol–water partition coefficient (Wildman–Crippen LogP) is 3.87. The Morgan fingerprint density at radius 1 is 0.839 bits per heavy atom. The number of carboxylic acid groups (broad SMARTS) is 1. The van der Waals surface area contributed by atoms with Gasteiger partial charge in [-0.3, -0.25) is 9.59 Å². The summed E-state index contributed by atoms with van der Waals surface area (Å²) < 4.78 is 0. The van der Waals surface area contributed by atoms with Crippen LogP contribution in [-0.4, -0.2) is 89.3 Å². The van der Waals surface area contributed by atoms with Crippen LogP contribution in [0.2, 0.25) is 0 Å². The van der Waals surface area contributed by atoms with Gasteiger partial charge in [0, 0.05) is 26.1 Å². The maximum absolute atomic E-state index is 12.3. The molecule has 0 heterocycles. The Balaban J connectivity index is 0. The third-order valence-corrected chi connectivity index (χ3v) is 5.18. The number of nitrogens with zero attached hydrogens (tertiary/aromatic N) is 1. The van der Waals surface area contributed by atoms with E-state index in [1.807, 2.05) is 0 Å². The normalized spacial score (nSPS) is 10.9. The quantitative estimate of drug-likeness (QED) is 0.132. The van der Waals surface area contributed by atoms with Crippen LogP contribution < -0.4 is 5.32 Å². The second-order valence-electron chi connectivity index (χ2n) is 8.02. The minimum absolute atomic E-state index is 0. The van der Waals surface area contributed by atoms with Gasteiger partial charge in [-0.25, -0.2) is 0 Å². The molecule has 0 saturated carbocycles. The van der Waals surface area contributed by atoms with Crippen molar-refractivity contribution in [3.63, 3.8) is 0 Å². The van der Waals surface area contributed by atoms with Crippen LogP contribution in [0, 0.1) is 0 Å². The van der Waals surface area contributed by atoms with E-state index in [2.05, 4.69) is 24.4 Å². The average molecular weight is 451 g/mol. The number of carbonyl (C=O) groups is 2. The van der Waals surface area contributed by atoms with Gasteiger partial charge in [-0.05, 0) is 32.1 Å². The van der Waals surface area contributed by atoms with Crippen LogP contribution in [0.3, 0.4) is 0 Å². The second-order valence-corrected chi connectivity index (χ2v) is 8.02. The number of amides is 1. The van der Waals surface area contributed by atoms with Crippen molar-refractivity contribution in [1.82, 2.24) is 10.2 Å². The molecule has 3 N–H and O–H groups in total.